The molecule has 0 saturated heterocycles. The summed E-state index contributed by atoms with van der Waals surface area (Å²) in [6.45, 7) is 5.11. The third-order valence-electron chi connectivity index (χ3n) is 2.84. The van der Waals surface area contributed by atoms with Crippen LogP contribution in [0.3, 0.4) is 0 Å². The maximum absolute atomic E-state index is 12.8. The summed E-state index contributed by atoms with van der Waals surface area (Å²) in [4.78, 5) is 26.4. The second-order valence-corrected chi connectivity index (χ2v) is 5.83. The van der Waals surface area contributed by atoms with E-state index in [1.807, 2.05) is 0 Å². The lowest BCUT2D eigenvalue weighted by atomic mass is 10.1. The number of nitro benzene ring substituents is 2. The van der Waals surface area contributed by atoms with E-state index in [0.29, 0.717) is 6.07 Å². The number of hydrogen-bond donors (Lipinski definition) is 2. The van der Waals surface area contributed by atoms with E-state index in [1.54, 1.807) is 20.8 Å². The van der Waals surface area contributed by atoms with Crippen LogP contribution in [0.15, 0.2) is 6.07 Å². The zero-order valence-electron chi connectivity index (χ0n) is 12.4. The fourth-order valence-electron chi connectivity index (χ4n) is 2.04. The van der Waals surface area contributed by atoms with Gasteiger partial charge in [-0.1, -0.05) is 0 Å². The van der Waals surface area contributed by atoms with Crippen molar-refractivity contribution < 1.29 is 18.6 Å². The monoisotopic (exact) mass is 329 g/mol. The SMILES string of the molecule is CC(C)(C)Nc1c([N+](=O)[O-])cc([N+](=O)[O-])c2nc(C(F)F)[nH]c12. The average molecular weight is 329 g/mol. The largest absolute Gasteiger partial charge is 0.373 e. The van der Waals surface area contributed by atoms with Crippen LogP contribution in [-0.4, -0.2) is 25.4 Å². The molecule has 0 radical (unpaired) electrons. The van der Waals surface area contributed by atoms with Crippen molar-refractivity contribution in [1.82, 2.24) is 9.97 Å². The van der Waals surface area contributed by atoms with Crippen molar-refractivity contribution in [2.45, 2.75) is 32.7 Å². The lowest BCUT2D eigenvalue weighted by Gasteiger charge is -2.22. The van der Waals surface area contributed by atoms with Crippen LogP contribution in [0, 0.1) is 20.2 Å². The third kappa shape index (κ3) is 3.17. The lowest BCUT2D eigenvalue weighted by molar-refractivity contribution is -0.392. The number of fused-ring (bicyclic) bond motifs is 1. The molecule has 0 aliphatic rings. The predicted octanol–water partition coefficient (Wildman–Crippen LogP) is 3.53. The molecule has 2 aromatic rings. The number of rotatable bonds is 4. The Labute approximate surface area is 128 Å². The zero-order valence-corrected chi connectivity index (χ0v) is 12.4. The molecule has 11 heteroatoms. The molecule has 0 amide bonds. The first-order chi connectivity index (χ1) is 10.5. The van der Waals surface area contributed by atoms with E-state index >= 15 is 0 Å². The first kappa shape index (κ1) is 16.5. The van der Waals surface area contributed by atoms with Crippen molar-refractivity contribution in [2.24, 2.45) is 0 Å². The van der Waals surface area contributed by atoms with Crippen LogP contribution >= 0.6 is 0 Å². The number of non-ortho nitro benzene ring substituents is 1. The molecule has 0 aliphatic heterocycles. The van der Waals surface area contributed by atoms with Gasteiger partial charge in [-0.15, -0.1) is 0 Å². The Morgan fingerprint density at radius 3 is 2.22 bits per heavy atom. The van der Waals surface area contributed by atoms with Gasteiger partial charge in [0.15, 0.2) is 11.3 Å². The molecule has 0 saturated carbocycles. The van der Waals surface area contributed by atoms with Gasteiger partial charge in [-0.05, 0) is 20.8 Å². The zero-order chi connectivity index (χ0) is 17.5. The highest BCUT2D eigenvalue weighted by Gasteiger charge is 2.31. The summed E-state index contributed by atoms with van der Waals surface area (Å²) in [6, 6.07) is 0.715. The van der Waals surface area contributed by atoms with Crippen LogP contribution in [0.1, 0.15) is 33.0 Å². The van der Waals surface area contributed by atoms with Crippen molar-refractivity contribution in [3.63, 3.8) is 0 Å². The number of nitro groups is 2. The predicted molar refractivity (Wildman–Crippen MR) is 77.7 cm³/mol. The fraction of sp³-hybridized carbons (Fsp3) is 0.417. The Bertz CT molecular complexity index is 797. The van der Waals surface area contributed by atoms with Gasteiger partial charge in [0.1, 0.15) is 11.2 Å². The van der Waals surface area contributed by atoms with Gasteiger partial charge in [0.05, 0.1) is 15.9 Å². The Morgan fingerprint density at radius 1 is 1.22 bits per heavy atom. The smallest absolute Gasteiger partial charge is 0.304 e. The molecule has 1 heterocycles. The van der Waals surface area contributed by atoms with Crippen molar-refractivity contribution >= 4 is 28.1 Å². The van der Waals surface area contributed by atoms with Gasteiger partial charge < -0.3 is 10.3 Å². The number of H-pyrrole nitrogens is 1. The number of imidazole rings is 1. The van der Waals surface area contributed by atoms with Gasteiger partial charge in [0.2, 0.25) is 0 Å². The van der Waals surface area contributed by atoms with E-state index in [2.05, 4.69) is 15.3 Å². The quantitative estimate of drug-likeness (QED) is 0.652. The number of anilines is 1. The molecule has 0 aliphatic carbocycles. The molecule has 2 N–H and O–H groups in total. The second kappa shape index (κ2) is 5.41. The standard InChI is InChI=1S/C12H13F2N5O4/c1-12(2,3)17-8-6(19(22)23)4-5(18(20)21)7-9(8)16-11(15-7)10(13)14/h4,10,17H,1-3H3,(H,15,16). The highest BCUT2D eigenvalue weighted by molar-refractivity contribution is 5.99. The number of halogens is 2. The summed E-state index contributed by atoms with van der Waals surface area (Å²) in [5.41, 5.74) is -2.64. The molecule has 23 heavy (non-hydrogen) atoms. The van der Waals surface area contributed by atoms with Crippen LogP contribution in [0.2, 0.25) is 0 Å². The van der Waals surface area contributed by atoms with E-state index in [-0.39, 0.29) is 16.7 Å². The van der Waals surface area contributed by atoms with Gasteiger partial charge in [0, 0.05) is 5.54 Å². The molecule has 1 aromatic heterocycles. The first-order valence-electron chi connectivity index (χ1n) is 6.43. The minimum atomic E-state index is -3.00. The van der Waals surface area contributed by atoms with Gasteiger partial charge in [0.25, 0.3) is 6.43 Å². The Morgan fingerprint density at radius 2 is 1.78 bits per heavy atom. The summed E-state index contributed by atoms with van der Waals surface area (Å²) in [6.07, 6.45) is -3.00. The summed E-state index contributed by atoms with van der Waals surface area (Å²) in [5, 5.41) is 25.1. The lowest BCUT2D eigenvalue weighted by Crippen LogP contribution is -2.26. The number of benzene rings is 1. The number of hydrogen-bond acceptors (Lipinski definition) is 6. The summed E-state index contributed by atoms with van der Waals surface area (Å²) in [7, 11) is 0. The molecule has 2 rings (SSSR count). The molecular weight excluding hydrogens is 316 g/mol. The Kier molecular flexibility index (Phi) is 3.89. The van der Waals surface area contributed by atoms with Crippen LogP contribution in [0.25, 0.3) is 11.0 Å². The van der Waals surface area contributed by atoms with E-state index in [9.17, 15) is 29.0 Å². The highest BCUT2D eigenvalue weighted by Crippen LogP contribution is 2.40. The topological polar surface area (TPSA) is 127 Å². The van der Waals surface area contributed by atoms with E-state index in [0.717, 1.165) is 0 Å². The van der Waals surface area contributed by atoms with Gasteiger partial charge in [-0.2, -0.15) is 0 Å². The van der Waals surface area contributed by atoms with Crippen LogP contribution in [0.5, 0.6) is 0 Å². The Balaban J connectivity index is 2.89. The van der Waals surface area contributed by atoms with Gasteiger partial charge in [-0.25, -0.2) is 13.8 Å². The molecule has 1 aromatic carbocycles. The average Bonchev–Trinajstić information content (AvgIpc) is 2.81. The van der Waals surface area contributed by atoms with Crippen molar-refractivity contribution in [2.75, 3.05) is 5.32 Å². The van der Waals surface area contributed by atoms with Gasteiger partial charge >= 0.3 is 11.4 Å². The first-order valence-corrected chi connectivity index (χ1v) is 6.43. The van der Waals surface area contributed by atoms with Crippen molar-refractivity contribution in [1.29, 1.82) is 0 Å². The number of alkyl halides is 2. The molecule has 9 nitrogen and oxygen atoms in total. The molecule has 0 atom stereocenters. The molecule has 0 fully saturated rings. The highest BCUT2D eigenvalue weighted by atomic mass is 19.3. The van der Waals surface area contributed by atoms with Crippen molar-refractivity contribution in [3.05, 3.63) is 32.1 Å². The second-order valence-electron chi connectivity index (χ2n) is 5.83. The Hall–Kier alpha value is -2.85. The van der Waals surface area contributed by atoms with E-state index in [1.165, 1.54) is 0 Å². The summed E-state index contributed by atoms with van der Waals surface area (Å²) in [5.74, 6) is -0.791. The molecule has 0 unspecified atom stereocenters. The maximum Gasteiger partial charge on any atom is 0.304 e. The van der Waals surface area contributed by atoms with Gasteiger partial charge in [-0.3, -0.25) is 20.2 Å². The minimum Gasteiger partial charge on any atom is -0.373 e. The van der Waals surface area contributed by atoms with E-state index in [4.69, 9.17) is 0 Å². The minimum absolute atomic E-state index is 0.123. The normalized spacial score (nSPS) is 11.9. The molecular formula is C12H13F2N5O4. The maximum atomic E-state index is 12.8. The van der Waals surface area contributed by atoms with E-state index < -0.39 is 39.0 Å². The number of aromatic nitrogens is 2. The van der Waals surface area contributed by atoms with Crippen molar-refractivity contribution in [3.8, 4) is 0 Å². The molecule has 0 bridgehead atoms. The van der Waals surface area contributed by atoms with Crippen LogP contribution < -0.4 is 5.32 Å². The number of nitrogens with one attached hydrogen (secondary N) is 2. The molecule has 0 spiro atoms. The fourth-order valence-corrected chi connectivity index (χ4v) is 2.04. The number of aromatic amines is 1. The molecule has 124 valence electrons. The van der Waals surface area contributed by atoms with Crippen LogP contribution in [0.4, 0.5) is 25.8 Å². The third-order valence-corrected chi connectivity index (χ3v) is 2.84. The summed E-state index contributed by atoms with van der Waals surface area (Å²) < 4.78 is 25.7. The van der Waals surface area contributed by atoms with Crippen LogP contribution in [-0.2, 0) is 0 Å². The number of nitrogens with zero attached hydrogens (tertiary/aromatic N) is 3. The summed E-state index contributed by atoms with van der Waals surface area (Å²) >= 11 is 0.